The smallest absolute Gasteiger partial charge is 0.239 e. The van der Waals surface area contributed by atoms with Gasteiger partial charge in [0.2, 0.25) is 11.8 Å². The largest absolute Gasteiger partial charge is 0.508 e. The molecule has 1 spiro atoms. The second-order valence-corrected chi connectivity index (χ2v) is 7.84. The number of amides is 2. The van der Waals surface area contributed by atoms with Crippen LogP contribution in [0.3, 0.4) is 0 Å². The molecule has 4 N–H and O–H groups in total. The summed E-state index contributed by atoms with van der Waals surface area (Å²) in [7, 11) is 0. The number of rotatable bonds is 5. The summed E-state index contributed by atoms with van der Waals surface area (Å²) in [6.45, 7) is 2.36. The van der Waals surface area contributed by atoms with Crippen LogP contribution in [0.5, 0.6) is 5.75 Å². The molecule has 3 rings (SSSR count). The summed E-state index contributed by atoms with van der Waals surface area (Å²) in [5.41, 5.74) is 7.11. The Kier molecular flexibility index (Phi) is 6.01. The molecule has 2 aliphatic heterocycles. The third kappa shape index (κ3) is 4.59. The fraction of sp³-hybridized carbons (Fsp3) is 0.600. The summed E-state index contributed by atoms with van der Waals surface area (Å²) >= 11 is 0. The van der Waals surface area contributed by atoms with Crippen molar-refractivity contribution in [3.8, 4) is 5.75 Å². The molecular formula is C20H29N3O4. The second-order valence-electron chi connectivity index (χ2n) is 7.84. The third-order valence-corrected chi connectivity index (χ3v) is 5.96. The zero-order valence-electron chi connectivity index (χ0n) is 15.6. The van der Waals surface area contributed by atoms with Gasteiger partial charge in [0.15, 0.2) is 0 Å². The molecular weight excluding hydrogens is 346 g/mol. The van der Waals surface area contributed by atoms with Crippen LogP contribution < -0.4 is 5.73 Å². The Hall–Kier alpha value is -2.12. The number of piperidine rings is 2. The first kappa shape index (κ1) is 19.6. The number of nitrogens with two attached hydrogens (primary N) is 1. The van der Waals surface area contributed by atoms with Gasteiger partial charge in [0, 0.05) is 32.6 Å². The van der Waals surface area contributed by atoms with E-state index >= 15 is 0 Å². The van der Waals surface area contributed by atoms with Crippen molar-refractivity contribution in [1.29, 1.82) is 0 Å². The summed E-state index contributed by atoms with van der Waals surface area (Å²) in [5.74, 6) is 0.266. The lowest BCUT2D eigenvalue weighted by molar-refractivity contribution is -0.143. The molecule has 1 aromatic carbocycles. The minimum absolute atomic E-state index is 0.0153. The number of β-amino-alcohol motifs (C(OH)–C–C–N with tert-alkyl or cyclic N) is 1. The van der Waals surface area contributed by atoms with Gasteiger partial charge in [-0.25, -0.2) is 0 Å². The van der Waals surface area contributed by atoms with E-state index in [-0.39, 0.29) is 29.6 Å². The maximum Gasteiger partial charge on any atom is 0.239 e. The number of nitrogens with zero attached hydrogens (tertiary/aromatic N) is 2. The third-order valence-electron chi connectivity index (χ3n) is 5.96. The van der Waals surface area contributed by atoms with Gasteiger partial charge < -0.3 is 25.7 Å². The lowest BCUT2D eigenvalue weighted by atomic mass is 9.72. The number of hydrogen-bond acceptors (Lipinski definition) is 5. The number of carbonyl (C=O) groups is 2. The van der Waals surface area contributed by atoms with Gasteiger partial charge in [0.25, 0.3) is 0 Å². The SMILES string of the molecule is N[C@@H](Cc1ccc(O)cc1)C(=O)N1CCC2(CCC(=O)N(CCO)C2)CC1. The highest BCUT2D eigenvalue weighted by Gasteiger charge is 2.41. The molecule has 0 unspecified atom stereocenters. The van der Waals surface area contributed by atoms with Crippen molar-refractivity contribution < 1.29 is 19.8 Å². The lowest BCUT2D eigenvalue weighted by Crippen LogP contribution is -2.55. The predicted octanol–water partition coefficient (Wildman–Crippen LogP) is 0.485. The zero-order chi connectivity index (χ0) is 19.4. The molecule has 2 saturated heterocycles. The van der Waals surface area contributed by atoms with Crippen molar-refractivity contribution in [2.45, 2.75) is 38.1 Å². The Labute approximate surface area is 159 Å². The summed E-state index contributed by atoms with van der Waals surface area (Å²) in [4.78, 5) is 28.3. The van der Waals surface area contributed by atoms with Crippen LogP contribution in [0.15, 0.2) is 24.3 Å². The van der Waals surface area contributed by atoms with E-state index in [2.05, 4.69) is 0 Å². The van der Waals surface area contributed by atoms with E-state index in [1.54, 1.807) is 29.2 Å². The molecule has 2 heterocycles. The molecule has 7 nitrogen and oxygen atoms in total. The van der Waals surface area contributed by atoms with Crippen LogP contribution in [-0.2, 0) is 16.0 Å². The normalized spacial score (nSPS) is 20.7. The van der Waals surface area contributed by atoms with E-state index in [0.29, 0.717) is 39.0 Å². The first-order valence-corrected chi connectivity index (χ1v) is 9.63. The lowest BCUT2D eigenvalue weighted by Gasteiger charge is -2.47. The van der Waals surface area contributed by atoms with E-state index in [1.165, 1.54) is 0 Å². The highest BCUT2D eigenvalue weighted by atomic mass is 16.3. The summed E-state index contributed by atoms with van der Waals surface area (Å²) < 4.78 is 0. The standard InChI is InChI=1S/C20H29N3O4/c21-17(13-15-1-3-16(25)4-2-15)19(27)22-9-7-20(8-10-22)6-5-18(26)23(14-20)11-12-24/h1-4,17,24-25H,5-14,21H2/t17-/m0/s1. The number of aromatic hydroxyl groups is 1. The molecule has 1 atom stereocenters. The van der Waals surface area contributed by atoms with Crippen LogP contribution in [0, 0.1) is 5.41 Å². The quantitative estimate of drug-likeness (QED) is 0.694. The number of aliphatic hydroxyl groups is 1. The van der Waals surface area contributed by atoms with Crippen molar-refractivity contribution >= 4 is 11.8 Å². The molecule has 2 fully saturated rings. The van der Waals surface area contributed by atoms with E-state index < -0.39 is 6.04 Å². The van der Waals surface area contributed by atoms with Gasteiger partial charge in [0.1, 0.15) is 5.75 Å². The Morgan fingerprint density at radius 1 is 1.19 bits per heavy atom. The first-order chi connectivity index (χ1) is 12.9. The number of aliphatic hydroxyl groups excluding tert-OH is 1. The number of phenolic OH excluding ortho intramolecular Hbond substituents is 1. The zero-order valence-corrected chi connectivity index (χ0v) is 15.6. The molecule has 0 bridgehead atoms. The van der Waals surface area contributed by atoms with Crippen LogP contribution in [-0.4, -0.2) is 70.7 Å². The molecule has 1 aromatic rings. The van der Waals surface area contributed by atoms with Gasteiger partial charge >= 0.3 is 0 Å². The van der Waals surface area contributed by atoms with Gasteiger partial charge in [-0.15, -0.1) is 0 Å². The number of likely N-dealkylation sites (tertiary alicyclic amines) is 2. The van der Waals surface area contributed by atoms with Crippen LogP contribution in [0.2, 0.25) is 0 Å². The van der Waals surface area contributed by atoms with Gasteiger partial charge in [-0.3, -0.25) is 9.59 Å². The molecule has 2 amide bonds. The molecule has 0 saturated carbocycles. The van der Waals surface area contributed by atoms with Crippen LogP contribution in [0.25, 0.3) is 0 Å². The van der Waals surface area contributed by atoms with Crippen LogP contribution >= 0.6 is 0 Å². The Morgan fingerprint density at radius 3 is 2.48 bits per heavy atom. The van der Waals surface area contributed by atoms with E-state index in [4.69, 9.17) is 10.8 Å². The van der Waals surface area contributed by atoms with E-state index in [9.17, 15) is 14.7 Å². The van der Waals surface area contributed by atoms with Gasteiger partial charge in [-0.05, 0) is 48.8 Å². The molecule has 0 aromatic heterocycles. The molecule has 7 heteroatoms. The highest BCUT2D eigenvalue weighted by molar-refractivity contribution is 5.82. The molecule has 148 valence electrons. The number of carbonyl (C=O) groups excluding carboxylic acids is 2. The Morgan fingerprint density at radius 2 is 1.85 bits per heavy atom. The van der Waals surface area contributed by atoms with Gasteiger partial charge in [0.05, 0.1) is 12.6 Å². The molecule has 2 aliphatic rings. The van der Waals surface area contributed by atoms with Crippen LogP contribution in [0.4, 0.5) is 0 Å². The van der Waals surface area contributed by atoms with Crippen molar-refractivity contribution in [3.05, 3.63) is 29.8 Å². The number of phenols is 1. The number of benzene rings is 1. The van der Waals surface area contributed by atoms with Gasteiger partial charge in [-0.2, -0.15) is 0 Å². The Balaban J connectivity index is 1.54. The molecule has 0 radical (unpaired) electrons. The van der Waals surface area contributed by atoms with E-state index in [1.807, 2.05) is 4.90 Å². The monoisotopic (exact) mass is 375 g/mol. The van der Waals surface area contributed by atoms with Crippen LogP contribution in [0.1, 0.15) is 31.2 Å². The summed E-state index contributed by atoms with van der Waals surface area (Å²) in [5, 5.41) is 18.5. The van der Waals surface area contributed by atoms with Gasteiger partial charge in [-0.1, -0.05) is 12.1 Å². The number of hydrogen-bond donors (Lipinski definition) is 3. The summed E-state index contributed by atoms with van der Waals surface area (Å²) in [6.07, 6.45) is 3.54. The van der Waals surface area contributed by atoms with Crippen molar-refractivity contribution in [2.75, 3.05) is 32.8 Å². The average Bonchev–Trinajstić information content (AvgIpc) is 2.67. The molecule has 0 aliphatic carbocycles. The molecule has 27 heavy (non-hydrogen) atoms. The van der Waals surface area contributed by atoms with Crippen molar-refractivity contribution in [3.63, 3.8) is 0 Å². The maximum absolute atomic E-state index is 12.7. The minimum atomic E-state index is -0.595. The van der Waals surface area contributed by atoms with Crippen molar-refractivity contribution in [1.82, 2.24) is 9.80 Å². The Bertz CT molecular complexity index is 668. The fourth-order valence-corrected chi connectivity index (χ4v) is 4.24. The maximum atomic E-state index is 12.7. The second kappa shape index (κ2) is 8.27. The highest BCUT2D eigenvalue weighted by Crippen LogP contribution is 2.40. The summed E-state index contributed by atoms with van der Waals surface area (Å²) in [6, 6.07) is 6.16. The topological polar surface area (TPSA) is 107 Å². The fourth-order valence-electron chi connectivity index (χ4n) is 4.24. The van der Waals surface area contributed by atoms with E-state index in [0.717, 1.165) is 24.8 Å². The average molecular weight is 375 g/mol. The van der Waals surface area contributed by atoms with Crippen molar-refractivity contribution in [2.24, 2.45) is 11.1 Å². The predicted molar refractivity (Wildman–Crippen MR) is 101 cm³/mol. The minimum Gasteiger partial charge on any atom is -0.508 e. The first-order valence-electron chi connectivity index (χ1n) is 9.63.